The van der Waals surface area contributed by atoms with E-state index < -0.39 is 0 Å². The van der Waals surface area contributed by atoms with Crippen LogP contribution >= 0.6 is 0 Å². The number of hydrogen-bond acceptors (Lipinski definition) is 1. The van der Waals surface area contributed by atoms with Gasteiger partial charge in [-0.3, -0.25) is 0 Å². The molecule has 0 heterocycles. The van der Waals surface area contributed by atoms with Gasteiger partial charge in [0.25, 0.3) is 0 Å². The molecule has 1 nitrogen and oxygen atoms in total. The number of aliphatic imine (C=N–C) groups is 1. The van der Waals surface area contributed by atoms with Gasteiger partial charge in [-0.25, -0.2) is 6.92 Å². The normalized spacial score (nSPS) is 12.3. The van der Waals surface area contributed by atoms with Gasteiger partial charge in [-0.2, -0.15) is 6.21 Å². The SMILES string of the molecule is C[C-]=C(C)N=[C-]C(C)C.[Y]. The quantitative estimate of drug-likeness (QED) is 0.492. The molecular weight excluding hydrogens is 199 g/mol. The van der Waals surface area contributed by atoms with Gasteiger partial charge in [0.1, 0.15) is 0 Å². The Morgan fingerprint density at radius 1 is 1.40 bits per heavy atom. The van der Waals surface area contributed by atoms with Crippen LogP contribution in [0.3, 0.4) is 0 Å². The van der Waals surface area contributed by atoms with Gasteiger partial charge in [0, 0.05) is 32.7 Å². The zero-order valence-corrected chi connectivity index (χ0v) is 9.94. The Morgan fingerprint density at radius 2 is 1.90 bits per heavy atom. The van der Waals surface area contributed by atoms with Gasteiger partial charge >= 0.3 is 0 Å². The van der Waals surface area contributed by atoms with Gasteiger partial charge in [0.05, 0.1) is 0 Å². The third-order valence-electron chi connectivity index (χ3n) is 0.852. The first kappa shape index (κ1) is 13.1. The van der Waals surface area contributed by atoms with Crippen LogP contribution in [0.5, 0.6) is 0 Å². The molecule has 0 saturated heterocycles. The molecule has 0 fully saturated rings. The van der Waals surface area contributed by atoms with Crippen LogP contribution in [-0.4, -0.2) is 6.21 Å². The monoisotopic (exact) mass is 212 g/mol. The molecule has 0 saturated carbocycles. The fourth-order valence-corrected chi connectivity index (χ4v) is 0.282. The minimum absolute atomic E-state index is 0. The van der Waals surface area contributed by atoms with Crippen molar-refractivity contribution in [2.75, 3.05) is 0 Å². The molecule has 0 bridgehead atoms. The summed E-state index contributed by atoms with van der Waals surface area (Å²) in [7, 11) is 0. The largest absolute Gasteiger partial charge is 0.584 e. The molecule has 0 rings (SSSR count). The molecular formula is C8H13NY-2. The standard InChI is InChI=1S/C8H13N.Y/c1-5-8(4)9-6-7(2)3;/h7H,1-4H3;/q-2;. The van der Waals surface area contributed by atoms with Crippen molar-refractivity contribution in [2.24, 2.45) is 10.9 Å². The van der Waals surface area contributed by atoms with Gasteiger partial charge in [-0.05, 0) is 0 Å². The maximum Gasteiger partial charge on any atom is 0 e. The molecule has 0 spiro atoms. The molecule has 0 aliphatic carbocycles. The number of rotatable bonds is 2. The Balaban J connectivity index is 0. The number of allylic oxidation sites excluding steroid dienone is 2. The van der Waals surface area contributed by atoms with E-state index in [0.717, 1.165) is 5.70 Å². The summed E-state index contributed by atoms with van der Waals surface area (Å²) in [6, 6.07) is 0. The molecule has 0 aliphatic heterocycles. The molecule has 10 heavy (non-hydrogen) atoms. The van der Waals surface area contributed by atoms with Gasteiger partial charge in [-0.1, -0.05) is 19.8 Å². The predicted octanol–water partition coefficient (Wildman–Crippen LogP) is 2.31. The summed E-state index contributed by atoms with van der Waals surface area (Å²) in [5.74, 6) is 0.410. The van der Waals surface area contributed by atoms with Gasteiger partial charge < -0.3 is 16.8 Å². The smallest absolute Gasteiger partial charge is 0 e. The Hall–Kier alpha value is 0.514. The summed E-state index contributed by atoms with van der Waals surface area (Å²) in [5, 5.41) is 0. The molecule has 0 aromatic heterocycles. The van der Waals surface area contributed by atoms with Crippen molar-refractivity contribution in [2.45, 2.75) is 27.7 Å². The summed E-state index contributed by atoms with van der Waals surface area (Å²) in [5.41, 5.74) is 0.906. The minimum Gasteiger partial charge on any atom is -0.584 e. The first-order valence-corrected chi connectivity index (χ1v) is 3.14. The van der Waals surface area contributed by atoms with Crippen molar-refractivity contribution >= 4 is 6.21 Å². The summed E-state index contributed by atoms with van der Waals surface area (Å²) in [6.07, 6.45) is 5.83. The summed E-state index contributed by atoms with van der Waals surface area (Å²) in [6.45, 7) is 7.86. The number of hydrogen-bond donors (Lipinski definition) is 0. The first-order valence-electron chi connectivity index (χ1n) is 3.14. The van der Waals surface area contributed by atoms with Crippen LogP contribution in [0.4, 0.5) is 0 Å². The number of nitrogens with zero attached hydrogens (tertiary/aromatic N) is 1. The Bertz CT molecular complexity index is 125. The van der Waals surface area contributed by atoms with Crippen molar-refractivity contribution in [1.29, 1.82) is 0 Å². The topological polar surface area (TPSA) is 12.4 Å². The van der Waals surface area contributed by atoms with Crippen LogP contribution in [0.2, 0.25) is 0 Å². The van der Waals surface area contributed by atoms with Crippen molar-refractivity contribution < 1.29 is 32.7 Å². The fourth-order valence-electron chi connectivity index (χ4n) is 0.282. The Labute approximate surface area is 88.9 Å². The Morgan fingerprint density at radius 3 is 2.20 bits per heavy atom. The van der Waals surface area contributed by atoms with E-state index >= 15 is 0 Å². The summed E-state index contributed by atoms with van der Waals surface area (Å²) < 4.78 is 0. The van der Waals surface area contributed by atoms with E-state index in [1.807, 2.05) is 27.7 Å². The van der Waals surface area contributed by atoms with E-state index in [1.165, 1.54) is 0 Å². The van der Waals surface area contributed by atoms with E-state index in [0.29, 0.717) is 5.92 Å². The van der Waals surface area contributed by atoms with Crippen molar-refractivity contribution in [1.82, 2.24) is 0 Å². The zero-order chi connectivity index (χ0) is 7.28. The molecule has 0 aromatic rings. The molecule has 0 unspecified atom stereocenters. The molecule has 55 valence electrons. The average Bonchev–Trinajstić information content (AvgIpc) is 1.83. The summed E-state index contributed by atoms with van der Waals surface area (Å²) in [4.78, 5) is 4.00. The molecule has 0 amide bonds. The maximum absolute atomic E-state index is 4.00. The van der Waals surface area contributed by atoms with Crippen LogP contribution in [0.25, 0.3) is 0 Å². The molecule has 0 aliphatic rings. The van der Waals surface area contributed by atoms with Crippen molar-refractivity contribution in [3.05, 3.63) is 11.8 Å². The predicted molar refractivity (Wildman–Crippen MR) is 40.4 cm³/mol. The van der Waals surface area contributed by atoms with E-state index in [-0.39, 0.29) is 32.7 Å². The van der Waals surface area contributed by atoms with E-state index in [9.17, 15) is 0 Å². The van der Waals surface area contributed by atoms with Crippen molar-refractivity contribution in [3.63, 3.8) is 0 Å². The summed E-state index contributed by atoms with van der Waals surface area (Å²) >= 11 is 0. The zero-order valence-electron chi connectivity index (χ0n) is 7.10. The second kappa shape index (κ2) is 7.62. The van der Waals surface area contributed by atoms with Gasteiger partial charge in [0.2, 0.25) is 0 Å². The molecule has 0 N–H and O–H groups in total. The second-order valence-corrected chi connectivity index (χ2v) is 2.23. The fraction of sp³-hybridized carbons (Fsp3) is 0.625. The van der Waals surface area contributed by atoms with Crippen LogP contribution < -0.4 is 0 Å². The van der Waals surface area contributed by atoms with E-state index in [2.05, 4.69) is 17.3 Å². The Kier molecular flexibility index (Phi) is 10.0. The minimum atomic E-state index is 0. The van der Waals surface area contributed by atoms with E-state index in [1.54, 1.807) is 0 Å². The van der Waals surface area contributed by atoms with Gasteiger partial charge in [-0.15, -0.1) is 6.92 Å². The average molecular weight is 212 g/mol. The van der Waals surface area contributed by atoms with Crippen LogP contribution in [0.15, 0.2) is 10.7 Å². The molecule has 0 aromatic carbocycles. The molecule has 0 atom stereocenters. The molecule has 2 heteroatoms. The van der Waals surface area contributed by atoms with Crippen LogP contribution in [0.1, 0.15) is 27.7 Å². The maximum atomic E-state index is 4.00. The third kappa shape index (κ3) is 8.51. The third-order valence-corrected chi connectivity index (χ3v) is 0.852. The molecule has 1 radical (unpaired) electrons. The van der Waals surface area contributed by atoms with Crippen molar-refractivity contribution in [3.8, 4) is 0 Å². The van der Waals surface area contributed by atoms with Gasteiger partial charge in [0.15, 0.2) is 0 Å². The first-order chi connectivity index (χ1) is 4.16. The van der Waals surface area contributed by atoms with Crippen LogP contribution in [-0.2, 0) is 32.7 Å². The van der Waals surface area contributed by atoms with Crippen LogP contribution in [0, 0.1) is 12.0 Å². The second-order valence-electron chi connectivity index (χ2n) is 2.23. The van der Waals surface area contributed by atoms with E-state index in [4.69, 9.17) is 0 Å².